The number of hydrogen-bond donors (Lipinski definition) is 0. The maximum atomic E-state index is 13.2. The molecule has 16 heavy (non-hydrogen) atoms. The second-order valence-electron chi connectivity index (χ2n) is 5.82. The maximum absolute atomic E-state index is 13.2. The van der Waals surface area contributed by atoms with Crippen LogP contribution in [-0.2, 0) is 4.74 Å². The Balaban J connectivity index is 1.87. The van der Waals surface area contributed by atoms with Gasteiger partial charge < -0.3 is 9.64 Å². The van der Waals surface area contributed by atoms with Gasteiger partial charge in [-0.25, -0.2) is 13.6 Å². The van der Waals surface area contributed by atoms with Crippen molar-refractivity contribution in [3.05, 3.63) is 0 Å². The lowest BCUT2D eigenvalue weighted by atomic mass is 9.60. The van der Waals surface area contributed by atoms with E-state index >= 15 is 0 Å². The summed E-state index contributed by atoms with van der Waals surface area (Å²) in [5, 5.41) is 0. The highest BCUT2D eigenvalue weighted by Crippen LogP contribution is 2.58. The van der Waals surface area contributed by atoms with Crippen LogP contribution in [0.3, 0.4) is 0 Å². The monoisotopic (exact) mass is 233 g/mol. The van der Waals surface area contributed by atoms with Gasteiger partial charge in [0.15, 0.2) is 0 Å². The molecule has 1 saturated carbocycles. The third kappa shape index (κ3) is 1.66. The molecule has 0 unspecified atom stereocenters. The topological polar surface area (TPSA) is 29.5 Å². The zero-order valence-corrected chi connectivity index (χ0v) is 9.85. The molecule has 0 bridgehead atoms. The summed E-state index contributed by atoms with van der Waals surface area (Å²) >= 11 is 0. The summed E-state index contributed by atoms with van der Waals surface area (Å²) in [4.78, 5) is 12.9. The average molecular weight is 233 g/mol. The molecule has 5 heteroatoms. The zero-order chi connectivity index (χ0) is 12.2. The van der Waals surface area contributed by atoms with Gasteiger partial charge in [-0.3, -0.25) is 0 Å². The van der Waals surface area contributed by atoms with Crippen molar-refractivity contribution in [2.75, 3.05) is 13.1 Å². The van der Waals surface area contributed by atoms with E-state index in [2.05, 4.69) is 0 Å². The molecule has 0 aromatic heterocycles. The van der Waals surface area contributed by atoms with Crippen LogP contribution in [-0.4, -0.2) is 35.6 Å². The van der Waals surface area contributed by atoms with Gasteiger partial charge in [0.2, 0.25) is 0 Å². The van der Waals surface area contributed by atoms with E-state index in [1.165, 1.54) is 4.90 Å². The molecule has 0 N–H and O–H groups in total. The van der Waals surface area contributed by atoms with Crippen LogP contribution >= 0.6 is 0 Å². The fourth-order valence-electron chi connectivity index (χ4n) is 2.20. The highest BCUT2D eigenvalue weighted by Gasteiger charge is 2.68. The summed E-state index contributed by atoms with van der Waals surface area (Å²) in [6, 6.07) is 0. The van der Waals surface area contributed by atoms with Crippen LogP contribution in [0.1, 0.15) is 33.6 Å². The molecule has 92 valence electrons. The highest BCUT2D eigenvalue weighted by molar-refractivity contribution is 5.69. The van der Waals surface area contributed by atoms with Crippen molar-refractivity contribution in [1.29, 1.82) is 0 Å². The number of carbonyl (C=O) groups excluding carboxylic acids is 1. The standard InChI is InChI=1S/C11H17F2NO2/c1-9(2,3)16-8(15)14-6-10(7-14)4-5-11(10,12)13/h4-7H2,1-3H3. The molecule has 3 nitrogen and oxygen atoms in total. The number of ether oxygens (including phenoxy) is 1. The molecule has 1 aliphatic carbocycles. The molecule has 2 fully saturated rings. The second-order valence-corrected chi connectivity index (χ2v) is 5.82. The normalized spacial score (nSPS) is 25.9. The van der Waals surface area contributed by atoms with Gasteiger partial charge in [-0.1, -0.05) is 0 Å². The first kappa shape index (κ1) is 11.6. The van der Waals surface area contributed by atoms with Crippen molar-refractivity contribution in [3.63, 3.8) is 0 Å². The molecular weight excluding hydrogens is 216 g/mol. The van der Waals surface area contributed by atoms with Crippen molar-refractivity contribution in [1.82, 2.24) is 4.90 Å². The van der Waals surface area contributed by atoms with Crippen LogP contribution in [0.2, 0.25) is 0 Å². The van der Waals surface area contributed by atoms with Gasteiger partial charge >= 0.3 is 6.09 Å². The van der Waals surface area contributed by atoms with Gasteiger partial charge in [-0.2, -0.15) is 0 Å². The van der Waals surface area contributed by atoms with E-state index in [-0.39, 0.29) is 19.5 Å². The molecule has 1 spiro atoms. The molecule has 1 amide bonds. The van der Waals surface area contributed by atoms with E-state index in [4.69, 9.17) is 4.74 Å². The summed E-state index contributed by atoms with van der Waals surface area (Å²) in [6.07, 6.45) is -0.0186. The van der Waals surface area contributed by atoms with Crippen molar-refractivity contribution in [2.24, 2.45) is 5.41 Å². The molecule has 0 atom stereocenters. The van der Waals surface area contributed by atoms with Gasteiger partial charge in [-0.15, -0.1) is 0 Å². The predicted octanol–water partition coefficient (Wildman–Crippen LogP) is 2.65. The summed E-state index contributed by atoms with van der Waals surface area (Å²) in [6.45, 7) is 5.55. The molecule has 2 aliphatic rings. The van der Waals surface area contributed by atoms with Crippen molar-refractivity contribution >= 4 is 6.09 Å². The van der Waals surface area contributed by atoms with E-state index in [0.29, 0.717) is 6.42 Å². The number of hydrogen-bond acceptors (Lipinski definition) is 2. The van der Waals surface area contributed by atoms with E-state index in [0.717, 1.165) is 0 Å². The Morgan fingerprint density at radius 2 is 1.81 bits per heavy atom. The molecule has 2 rings (SSSR count). The van der Waals surface area contributed by atoms with Crippen LogP contribution in [0.4, 0.5) is 13.6 Å². The van der Waals surface area contributed by atoms with Crippen molar-refractivity contribution < 1.29 is 18.3 Å². The summed E-state index contributed by atoms with van der Waals surface area (Å²) in [5.74, 6) is -2.59. The van der Waals surface area contributed by atoms with Crippen molar-refractivity contribution in [3.8, 4) is 0 Å². The fourth-order valence-corrected chi connectivity index (χ4v) is 2.20. The third-order valence-electron chi connectivity index (χ3n) is 3.33. The maximum Gasteiger partial charge on any atom is 0.410 e. The Hall–Kier alpha value is -0.870. The molecule has 1 heterocycles. The number of halogens is 2. The van der Waals surface area contributed by atoms with Crippen LogP contribution in [0.15, 0.2) is 0 Å². The van der Waals surface area contributed by atoms with Crippen molar-refractivity contribution in [2.45, 2.75) is 45.1 Å². The number of nitrogens with zero attached hydrogens (tertiary/aromatic N) is 1. The second kappa shape index (κ2) is 3.08. The number of alkyl halides is 2. The number of amides is 1. The predicted molar refractivity (Wildman–Crippen MR) is 54.4 cm³/mol. The lowest BCUT2D eigenvalue weighted by Gasteiger charge is -2.59. The van der Waals surface area contributed by atoms with E-state index in [1.54, 1.807) is 20.8 Å². The molecule has 0 radical (unpaired) electrons. The third-order valence-corrected chi connectivity index (χ3v) is 3.33. The van der Waals surface area contributed by atoms with Gasteiger partial charge in [0.1, 0.15) is 5.60 Å². The molecular formula is C11H17F2NO2. The van der Waals surface area contributed by atoms with Gasteiger partial charge in [0, 0.05) is 19.5 Å². The fraction of sp³-hybridized carbons (Fsp3) is 0.909. The summed E-state index contributed by atoms with van der Waals surface area (Å²) in [5.41, 5.74) is -1.51. The average Bonchev–Trinajstić information content (AvgIpc) is 1.96. The van der Waals surface area contributed by atoms with E-state index in [9.17, 15) is 13.6 Å². The molecule has 1 aliphatic heterocycles. The number of carbonyl (C=O) groups is 1. The Morgan fingerprint density at radius 1 is 1.25 bits per heavy atom. The van der Waals surface area contributed by atoms with E-state index < -0.39 is 23.0 Å². The van der Waals surface area contributed by atoms with Gasteiger partial charge in [0.05, 0.1) is 5.41 Å². The summed E-state index contributed by atoms with van der Waals surface area (Å²) < 4.78 is 31.6. The minimum Gasteiger partial charge on any atom is -0.444 e. The first-order valence-electron chi connectivity index (χ1n) is 5.51. The van der Waals surface area contributed by atoms with Crippen LogP contribution < -0.4 is 0 Å². The van der Waals surface area contributed by atoms with Gasteiger partial charge in [-0.05, 0) is 27.2 Å². The lowest BCUT2D eigenvalue weighted by Crippen LogP contribution is -2.71. The van der Waals surface area contributed by atoms with Crippen LogP contribution in [0.25, 0.3) is 0 Å². The first-order valence-corrected chi connectivity index (χ1v) is 5.51. The molecule has 1 saturated heterocycles. The zero-order valence-electron chi connectivity index (χ0n) is 9.85. The van der Waals surface area contributed by atoms with Crippen LogP contribution in [0, 0.1) is 5.41 Å². The number of rotatable bonds is 0. The Bertz CT molecular complexity index is 316. The Kier molecular flexibility index (Phi) is 2.23. The van der Waals surface area contributed by atoms with E-state index in [1.807, 2.05) is 0 Å². The first-order chi connectivity index (χ1) is 7.15. The highest BCUT2D eigenvalue weighted by atomic mass is 19.3. The minimum atomic E-state index is -2.59. The quantitative estimate of drug-likeness (QED) is 0.643. The largest absolute Gasteiger partial charge is 0.444 e. The Labute approximate surface area is 93.7 Å². The minimum absolute atomic E-state index is 0.0465. The summed E-state index contributed by atoms with van der Waals surface area (Å²) in [7, 11) is 0. The van der Waals surface area contributed by atoms with Crippen LogP contribution in [0.5, 0.6) is 0 Å². The van der Waals surface area contributed by atoms with Gasteiger partial charge in [0.25, 0.3) is 5.92 Å². The lowest BCUT2D eigenvalue weighted by molar-refractivity contribution is -0.252. The molecule has 0 aromatic rings. The molecule has 0 aromatic carbocycles. The smallest absolute Gasteiger partial charge is 0.410 e. The SMILES string of the molecule is CC(C)(C)OC(=O)N1CC2(CCC2(F)F)C1. The number of likely N-dealkylation sites (tertiary alicyclic amines) is 1. The Morgan fingerprint density at radius 3 is 2.12 bits per heavy atom.